The third-order valence-electron chi connectivity index (χ3n) is 3.14. The van der Waals surface area contributed by atoms with E-state index < -0.39 is 4.92 Å². The zero-order valence-corrected chi connectivity index (χ0v) is 12.3. The molecule has 1 saturated heterocycles. The molecule has 0 saturated carbocycles. The van der Waals surface area contributed by atoms with Gasteiger partial charge in [-0.25, -0.2) is 0 Å². The van der Waals surface area contributed by atoms with Crippen LogP contribution in [-0.2, 0) is 10.1 Å². The number of nitrogens with zero attached hydrogens (tertiary/aromatic N) is 1. The van der Waals surface area contributed by atoms with Gasteiger partial charge in [-0.05, 0) is 25.8 Å². The van der Waals surface area contributed by atoms with Gasteiger partial charge in [-0.2, -0.15) is 0 Å². The summed E-state index contributed by atoms with van der Waals surface area (Å²) in [6.07, 6.45) is 2.46. The van der Waals surface area contributed by atoms with Crippen LogP contribution >= 0.6 is 15.9 Å². The first-order valence-electron chi connectivity index (χ1n) is 6.21. The molecule has 1 aliphatic rings. The van der Waals surface area contributed by atoms with E-state index in [0.717, 1.165) is 18.4 Å². The first-order valence-corrected chi connectivity index (χ1v) is 7.34. The molecule has 2 atom stereocenters. The number of nitro groups is 1. The van der Waals surface area contributed by atoms with Crippen molar-refractivity contribution in [3.63, 3.8) is 0 Å². The minimum Gasteiger partial charge on any atom is -0.491 e. The van der Waals surface area contributed by atoms with Gasteiger partial charge in [0.25, 0.3) is 5.69 Å². The smallest absolute Gasteiger partial charge is 0.270 e. The monoisotopic (exact) mass is 329 g/mol. The van der Waals surface area contributed by atoms with Gasteiger partial charge in [0.15, 0.2) is 0 Å². The van der Waals surface area contributed by atoms with Gasteiger partial charge in [-0.1, -0.05) is 15.9 Å². The molecule has 1 heterocycles. The molecule has 2 rings (SSSR count). The Morgan fingerprint density at radius 2 is 2.32 bits per heavy atom. The van der Waals surface area contributed by atoms with E-state index in [9.17, 15) is 10.1 Å². The molecule has 1 fully saturated rings. The van der Waals surface area contributed by atoms with Crippen molar-refractivity contribution in [2.45, 2.75) is 37.3 Å². The predicted molar refractivity (Wildman–Crippen MR) is 74.8 cm³/mol. The summed E-state index contributed by atoms with van der Waals surface area (Å²) in [5.41, 5.74) is 0.854. The number of alkyl halides is 1. The van der Waals surface area contributed by atoms with Crippen LogP contribution in [0, 0.1) is 10.1 Å². The minimum absolute atomic E-state index is 0.0764. The average Bonchev–Trinajstić information content (AvgIpc) is 2.81. The number of halogens is 1. The lowest BCUT2D eigenvalue weighted by Crippen LogP contribution is -2.18. The molecular weight excluding hydrogens is 314 g/mol. The van der Waals surface area contributed by atoms with E-state index in [1.54, 1.807) is 6.07 Å². The Kier molecular flexibility index (Phi) is 4.76. The Hall–Kier alpha value is -1.14. The number of ether oxygens (including phenoxy) is 2. The van der Waals surface area contributed by atoms with Gasteiger partial charge >= 0.3 is 0 Å². The van der Waals surface area contributed by atoms with Crippen LogP contribution in [0.2, 0.25) is 0 Å². The molecule has 0 spiro atoms. The van der Waals surface area contributed by atoms with E-state index >= 15 is 0 Å². The van der Waals surface area contributed by atoms with Crippen molar-refractivity contribution < 1.29 is 14.4 Å². The zero-order chi connectivity index (χ0) is 13.8. The van der Waals surface area contributed by atoms with E-state index in [2.05, 4.69) is 22.9 Å². The Morgan fingerprint density at radius 3 is 2.89 bits per heavy atom. The van der Waals surface area contributed by atoms with Gasteiger partial charge in [0.1, 0.15) is 12.4 Å². The maximum Gasteiger partial charge on any atom is 0.270 e. The highest BCUT2D eigenvalue weighted by molar-refractivity contribution is 9.08. The van der Waals surface area contributed by atoms with E-state index in [4.69, 9.17) is 9.47 Å². The van der Waals surface area contributed by atoms with E-state index in [1.165, 1.54) is 12.1 Å². The van der Waals surface area contributed by atoms with Crippen molar-refractivity contribution in [1.29, 1.82) is 0 Å². The van der Waals surface area contributed by atoms with Gasteiger partial charge in [-0.15, -0.1) is 0 Å². The standard InChI is InChI=1S/C13H16BrNO4/c1-9-2-4-12(19-9)8-18-13-5-3-11(15(16)17)6-10(13)7-14/h3,5-6,9,12H,2,4,7-8H2,1H3. The fraction of sp³-hybridized carbons (Fsp3) is 0.538. The van der Waals surface area contributed by atoms with Crippen LogP contribution in [0.3, 0.4) is 0 Å². The highest BCUT2D eigenvalue weighted by Crippen LogP contribution is 2.27. The van der Waals surface area contributed by atoms with Crippen molar-refractivity contribution in [3.8, 4) is 5.75 Å². The fourth-order valence-corrected chi connectivity index (χ4v) is 2.55. The van der Waals surface area contributed by atoms with Crippen LogP contribution < -0.4 is 4.74 Å². The summed E-state index contributed by atoms with van der Waals surface area (Å²) in [6, 6.07) is 4.63. The molecule has 0 radical (unpaired) electrons. The minimum atomic E-state index is -0.405. The molecule has 5 nitrogen and oxygen atoms in total. The Labute approximate surface area is 120 Å². The summed E-state index contributed by atoms with van der Waals surface area (Å²) in [5, 5.41) is 11.2. The predicted octanol–water partition coefficient (Wildman–Crippen LogP) is 3.44. The van der Waals surface area contributed by atoms with Gasteiger partial charge < -0.3 is 9.47 Å². The van der Waals surface area contributed by atoms with Crippen molar-refractivity contribution in [2.75, 3.05) is 6.61 Å². The van der Waals surface area contributed by atoms with E-state index in [-0.39, 0.29) is 11.8 Å². The second-order valence-corrected chi connectivity index (χ2v) is 5.20. The SMILES string of the molecule is CC1CCC(COc2ccc([N+](=O)[O-])cc2CBr)O1. The summed E-state index contributed by atoms with van der Waals surface area (Å²) < 4.78 is 11.4. The molecule has 104 valence electrons. The van der Waals surface area contributed by atoms with Crippen molar-refractivity contribution >= 4 is 21.6 Å². The van der Waals surface area contributed by atoms with E-state index in [1.807, 2.05) is 0 Å². The van der Waals surface area contributed by atoms with Gasteiger partial charge in [0.2, 0.25) is 0 Å². The summed E-state index contributed by atoms with van der Waals surface area (Å²) in [6.45, 7) is 2.54. The summed E-state index contributed by atoms with van der Waals surface area (Å²) >= 11 is 3.32. The third kappa shape index (κ3) is 3.67. The summed E-state index contributed by atoms with van der Waals surface area (Å²) in [5.74, 6) is 0.672. The average molecular weight is 330 g/mol. The maximum atomic E-state index is 10.7. The van der Waals surface area contributed by atoms with Crippen molar-refractivity contribution in [1.82, 2.24) is 0 Å². The number of benzene rings is 1. The largest absolute Gasteiger partial charge is 0.491 e. The second-order valence-electron chi connectivity index (χ2n) is 4.64. The van der Waals surface area contributed by atoms with Crippen LogP contribution in [0.5, 0.6) is 5.75 Å². The number of hydrogen-bond acceptors (Lipinski definition) is 4. The molecule has 0 aliphatic carbocycles. The molecule has 1 aliphatic heterocycles. The Balaban J connectivity index is 2.01. The highest BCUT2D eigenvalue weighted by Gasteiger charge is 2.22. The van der Waals surface area contributed by atoms with Crippen molar-refractivity contribution in [2.24, 2.45) is 0 Å². The number of nitro benzene ring substituents is 1. The Morgan fingerprint density at radius 1 is 1.53 bits per heavy atom. The molecule has 0 aromatic heterocycles. The normalized spacial score (nSPS) is 22.4. The fourth-order valence-electron chi connectivity index (χ4n) is 2.12. The molecule has 6 heteroatoms. The number of rotatable bonds is 5. The quantitative estimate of drug-likeness (QED) is 0.471. The van der Waals surface area contributed by atoms with Crippen molar-refractivity contribution in [3.05, 3.63) is 33.9 Å². The molecule has 2 unspecified atom stereocenters. The molecule has 0 amide bonds. The first kappa shape index (κ1) is 14.3. The molecule has 1 aromatic rings. The molecule has 1 aromatic carbocycles. The van der Waals surface area contributed by atoms with Crippen LogP contribution in [0.1, 0.15) is 25.3 Å². The summed E-state index contributed by atoms with van der Waals surface area (Å²) in [7, 11) is 0. The number of non-ortho nitro benzene ring substituents is 1. The highest BCUT2D eigenvalue weighted by atomic mass is 79.9. The molecule has 0 bridgehead atoms. The second kappa shape index (κ2) is 6.34. The van der Waals surface area contributed by atoms with Gasteiger partial charge in [0.05, 0.1) is 17.1 Å². The number of hydrogen-bond donors (Lipinski definition) is 0. The maximum absolute atomic E-state index is 10.7. The lowest BCUT2D eigenvalue weighted by molar-refractivity contribution is -0.384. The van der Waals surface area contributed by atoms with Gasteiger partial charge in [0, 0.05) is 23.0 Å². The third-order valence-corrected chi connectivity index (χ3v) is 3.75. The van der Waals surface area contributed by atoms with Crippen LogP contribution in [0.4, 0.5) is 5.69 Å². The molecule has 0 N–H and O–H groups in total. The Bertz CT molecular complexity index is 466. The van der Waals surface area contributed by atoms with Crippen LogP contribution in [-0.4, -0.2) is 23.7 Å². The van der Waals surface area contributed by atoms with E-state index in [0.29, 0.717) is 23.8 Å². The lowest BCUT2D eigenvalue weighted by atomic mass is 10.2. The van der Waals surface area contributed by atoms with Crippen LogP contribution in [0.15, 0.2) is 18.2 Å². The van der Waals surface area contributed by atoms with Crippen LogP contribution in [0.25, 0.3) is 0 Å². The van der Waals surface area contributed by atoms with Gasteiger partial charge in [-0.3, -0.25) is 10.1 Å². The zero-order valence-electron chi connectivity index (χ0n) is 10.7. The lowest BCUT2D eigenvalue weighted by Gasteiger charge is -2.14. The first-order chi connectivity index (χ1) is 9.10. The topological polar surface area (TPSA) is 61.6 Å². The molecule has 19 heavy (non-hydrogen) atoms. The summed E-state index contributed by atoms with van der Waals surface area (Å²) in [4.78, 5) is 10.3. The molecular formula is C13H16BrNO4.